The van der Waals surface area contributed by atoms with E-state index in [4.69, 9.17) is 13.8 Å². The van der Waals surface area contributed by atoms with Gasteiger partial charge in [-0.3, -0.25) is 14.2 Å². The van der Waals surface area contributed by atoms with Crippen molar-refractivity contribution in [2.24, 2.45) is 0 Å². The standard InChI is InChI=1S/C77H151N2O7P/c1-7-10-13-16-19-22-25-28-30-32-34-36-38-39-41-42-44-46-48-51-54-57-60-63-66-69-76(80)78-74(73-85-87(82,83)84-72-71-79(4,5)6)75(68-65-62-59-56-53-50-27-24-21-18-15-12-9-3)86-77(81)70-67-64-61-58-55-52-49-47-45-43-40-37-35-33-31-29-26-23-20-17-14-11-8-2/h28,30,65,68,74-75H,7-27,29,31-64,66-67,69-73H2,1-6H3,(H-,78,80,82,83)/b30-28+,68-65+. The molecule has 1 amide bonds. The third kappa shape index (κ3) is 68.7. The van der Waals surface area contributed by atoms with Crippen molar-refractivity contribution in [1.29, 1.82) is 0 Å². The van der Waals surface area contributed by atoms with E-state index in [9.17, 15) is 19.0 Å². The number of quaternary nitrogens is 1. The lowest BCUT2D eigenvalue weighted by molar-refractivity contribution is -0.870. The molecule has 516 valence electrons. The molecule has 0 saturated carbocycles. The summed E-state index contributed by atoms with van der Waals surface area (Å²) in [5.41, 5.74) is 0. The lowest BCUT2D eigenvalue weighted by Gasteiger charge is -2.30. The van der Waals surface area contributed by atoms with E-state index in [2.05, 4.69) is 38.2 Å². The molecule has 10 heteroatoms. The molecule has 0 aliphatic rings. The van der Waals surface area contributed by atoms with Crippen molar-refractivity contribution >= 4 is 19.7 Å². The van der Waals surface area contributed by atoms with Crippen LogP contribution in [-0.2, 0) is 27.9 Å². The lowest BCUT2D eigenvalue weighted by Crippen LogP contribution is -2.47. The zero-order chi connectivity index (χ0) is 63.5. The predicted octanol–water partition coefficient (Wildman–Crippen LogP) is 24.2. The predicted molar refractivity (Wildman–Crippen MR) is 377 cm³/mol. The van der Waals surface area contributed by atoms with Crippen molar-refractivity contribution in [3.8, 4) is 0 Å². The van der Waals surface area contributed by atoms with Crippen molar-refractivity contribution in [3.63, 3.8) is 0 Å². The normalized spacial score (nSPS) is 13.5. The monoisotopic (exact) mass is 1250 g/mol. The van der Waals surface area contributed by atoms with Gasteiger partial charge in [-0.25, -0.2) is 0 Å². The maximum absolute atomic E-state index is 13.6. The number of amides is 1. The van der Waals surface area contributed by atoms with Crippen LogP contribution >= 0.6 is 7.82 Å². The van der Waals surface area contributed by atoms with E-state index in [1.54, 1.807) is 0 Å². The van der Waals surface area contributed by atoms with Gasteiger partial charge in [0.15, 0.2) is 0 Å². The first-order chi connectivity index (χ1) is 42.4. The summed E-state index contributed by atoms with van der Waals surface area (Å²) in [5, 5.41) is 3.06. The molecule has 0 bridgehead atoms. The fraction of sp³-hybridized carbons (Fsp3) is 0.922. The third-order valence-electron chi connectivity index (χ3n) is 17.9. The first kappa shape index (κ1) is 85.5. The van der Waals surface area contributed by atoms with E-state index in [-0.39, 0.29) is 31.5 Å². The van der Waals surface area contributed by atoms with Gasteiger partial charge in [0.05, 0.1) is 33.8 Å². The average Bonchev–Trinajstić information content (AvgIpc) is 3.70. The van der Waals surface area contributed by atoms with Gasteiger partial charge >= 0.3 is 5.97 Å². The fourth-order valence-corrected chi connectivity index (χ4v) is 12.7. The highest BCUT2D eigenvalue weighted by molar-refractivity contribution is 7.45. The number of allylic oxidation sites excluding steroid dienone is 3. The summed E-state index contributed by atoms with van der Waals surface area (Å²) in [4.78, 5) is 40.3. The van der Waals surface area contributed by atoms with Gasteiger partial charge in [-0.15, -0.1) is 0 Å². The molecule has 0 aromatic carbocycles. The Morgan fingerprint density at radius 3 is 0.977 bits per heavy atom. The number of nitrogens with one attached hydrogen (secondary N) is 1. The van der Waals surface area contributed by atoms with Crippen molar-refractivity contribution in [1.82, 2.24) is 5.32 Å². The minimum atomic E-state index is -4.70. The molecule has 3 atom stereocenters. The number of nitrogens with zero attached hydrogens (tertiary/aromatic N) is 1. The highest BCUT2D eigenvalue weighted by Gasteiger charge is 2.27. The van der Waals surface area contributed by atoms with Crippen molar-refractivity contribution in [2.45, 2.75) is 418 Å². The molecule has 0 fully saturated rings. The molecule has 0 aromatic heterocycles. The summed E-state index contributed by atoms with van der Waals surface area (Å²) < 4.78 is 30.5. The minimum absolute atomic E-state index is 0.0176. The maximum Gasteiger partial charge on any atom is 0.306 e. The molecule has 1 N–H and O–H groups in total. The number of carbonyl (C=O) groups is 2. The van der Waals surface area contributed by atoms with Crippen molar-refractivity contribution < 1.29 is 37.3 Å². The Morgan fingerprint density at radius 2 is 0.667 bits per heavy atom. The Bertz CT molecular complexity index is 1530. The van der Waals surface area contributed by atoms with E-state index in [0.29, 0.717) is 17.4 Å². The number of hydrogen-bond acceptors (Lipinski definition) is 7. The number of unbranched alkanes of at least 4 members (excludes halogenated alkanes) is 54. The van der Waals surface area contributed by atoms with Gasteiger partial charge < -0.3 is 28.5 Å². The van der Waals surface area contributed by atoms with Crippen molar-refractivity contribution in [3.05, 3.63) is 24.3 Å². The second kappa shape index (κ2) is 67.4. The summed E-state index contributed by atoms with van der Waals surface area (Å²) in [5.74, 6) is -0.513. The number of phosphoric acid groups is 1. The topological polar surface area (TPSA) is 114 Å². The van der Waals surface area contributed by atoms with Crippen LogP contribution in [-0.4, -0.2) is 69.4 Å². The molecule has 0 saturated heterocycles. The second-order valence-corrected chi connectivity index (χ2v) is 29.3. The summed E-state index contributed by atoms with van der Waals surface area (Å²) in [7, 11) is 1.21. The summed E-state index contributed by atoms with van der Waals surface area (Å²) >= 11 is 0. The van der Waals surface area contributed by atoms with E-state index in [1.165, 1.54) is 315 Å². The fourth-order valence-electron chi connectivity index (χ4n) is 11.9. The quantitative estimate of drug-likeness (QED) is 0.0212. The number of esters is 1. The number of ether oxygens (including phenoxy) is 1. The Balaban J connectivity index is 4.97. The summed E-state index contributed by atoms with van der Waals surface area (Å²) in [6.45, 7) is 6.93. The van der Waals surface area contributed by atoms with Crippen LogP contribution in [0.5, 0.6) is 0 Å². The van der Waals surface area contributed by atoms with Crippen LogP contribution in [0, 0.1) is 0 Å². The van der Waals surface area contributed by atoms with Crippen LogP contribution in [0.3, 0.4) is 0 Å². The average molecular weight is 1250 g/mol. The zero-order valence-corrected chi connectivity index (χ0v) is 60.2. The highest BCUT2D eigenvalue weighted by atomic mass is 31.2. The van der Waals surface area contributed by atoms with E-state index in [0.717, 1.165) is 57.8 Å². The van der Waals surface area contributed by atoms with Crippen molar-refractivity contribution in [2.75, 3.05) is 40.9 Å². The van der Waals surface area contributed by atoms with Crippen LogP contribution in [0.4, 0.5) is 0 Å². The SMILES string of the molecule is CCCCCCCC/C=C/CCCCCCCCCCCCCCCCCC(=O)NC(COP(=O)([O-])OCC[N+](C)(C)C)C(/C=C/CCCCCCCCCCCCC)OC(=O)CCCCCCCCCCCCCCCCCCCCCCCCC. The molecule has 0 spiro atoms. The molecular formula is C77H151N2O7P. The smallest absolute Gasteiger partial charge is 0.306 e. The molecule has 87 heavy (non-hydrogen) atoms. The Kier molecular flexibility index (Phi) is 66.2. The zero-order valence-electron chi connectivity index (χ0n) is 59.3. The molecule has 0 aliphatic heterocycles. The lowest BCUT2D eigenvalue weighted by atomic mass is 10.0. The van der Waals surface area contributed by atoms with E-state index >= 15 is 0 Å². The Labute approximate surface area is 543 Å². The van der Waals surface area contributed by atoms with Crippen LogP contribution < -0.4 is 10.2 Å². The second-order valence-electron chi connectivity index (χ2n) is 27.9. The molecule has 0 aromatic rings. The van der Waals surface area contributed by atoms with Gasteiger partial charge in [0.2, 0.25) is 5.91 Å². The number of carbonyl (C=O) groups excluding carboxylic acids is 2. The molecule has 0 radical (unpaired) electrons. The summed E-state index contributed by atoms with van der Waals surface area (Å²) in [6.07, 6.45) is 83.2. The largest absolute Gasteiger partial charge is 0.756 e. The third-order valence-corrected chi connectivity index (χ3v) is 18.8. The van der Waals surface area contributed by atoms with Crippen LogP contribution in [0.15, 0.2) is 24.3 Å². The van der Waals surface area contributed by atoms with Gasteiger partial charge in [-0.05, 0) is 57.4 Å². The first-order valence-electron chi connectivity index (χ1n) is 38.6. The van der Waals surface area contributed by atoms with Gasteiger partial charge in [0.25, 0.3) is 7.82 Å². The number of rotatable bonds is 72. The van der Waals surface area contributed by atoms with E-state index < -0.39 is 20.0 Å². The Hall–Kier alpha value is -1.51. The molecule has 0 heterocycles. The maximum atomic E-state index is 13.6. The Morgan fingerprint density at radius 1 is 0.391 bits per heavy atom. The van der Waals surface area contributed by atoms with Gasteiger partial charge in [-0.1, -0.05) is 360 Å². The molecule has 0 rings (SSSR count). The molecule has 3 unspecified atom stereocenters. The van der Waals surface area contributed by atoms with Crippen LogP contribution in [0.1, 0.15) is 406 Å². The molecule has 9 nitrogen and oxygen atoms in total. The van der Waals surface area contributed by atoms with Crippen LogP contribution in [0.2, 0.25) is 0 Å². The molecule has 0 aliphatic carbocycles. The minimum Gasteiger partial charge on any atom is -0.756 e. The van der Waals surface area contributed by atoms with E-state index in [1.807, 2.05) is 33.3 Å². The number of hydrogen-bond donors (Lipinski definition) is 1. The van der Waals surface area contributed by atoms with Gasteiger partial charge in [0.1, 0.15) is 19.3 Å². The summed E-state index contributed by atoms with van der Waals surface area (Å²) in [6, 6.07) is -0.884. The number of phosphoric ester groups is 1. The van der Waals surface area contributed by atoms with Gasteiger partial charge in [-0.2, -0.15) is 0 Å². The first-order valence-corrected chi connectivity index (χ1v) is 40.1. The molecular weight excluding hydrogens is 1100 g/mol. The van der Waals surface area contributed by atoms with Crippen LogP contribution in [0.25, 0.3) is 0 Å². The number of likely N-dealkylation sites (N-methyl/N-ethyl adjacent to an activating group) is 1. The van der Waals surface area contributed by atoms with Gasteiger partial charge in [0, 0.05) is 12.8 Å². The highest BCUT2D eigenvalue weighted by Crippen LogP contribution is 2.38.